The largest absolute Gasteiger partial charge is 0.480 e. The van der Waals surface area contributed by atoms with E-state index in [1.165, 1.54) is 13.8 Å². The molecule has 3 atom stereocenters. The Kier molecular flexibility index (Phi) is 17.8. The van der Waals surface area contributed by atoms with E-state index < -0.39 is 22.4 Å². The third-order valence-corrected chi connectivity index (χ3v) is 4.56. The number of hydrogen-bond acceptors (Lipinski definition) is 6. The lowest BCUT2D eigenvalue weighted by Crippen LogP contribution is -2.28. The Hall–Kier alpha value is 0.520. The van der Waals surface area contributed by atoms with Crippen LogP contribution in [-0.4, -0.2) is 49.4 Å². The normalized spacial score (nSPS) is 14.5. The summed E-state index contributed by atoms with van der Waals surface area (Å²) in [5, 5.41) is 23.4. The Morgan fingerprint density at radius 2 is 1.38 bits per heavy atom. The van der Waals surface area contributed by atoms with Crippen molar-refractivity contribution in [1.29, 1.82) is 0 Å². The van der Waals surface area contributed by atoms with Gasteiger partial charge in [-0.15, -0.1) is 0 Å². The van der Waals surface area contributed by atoms with Crippen LogP contribution >= 0.6 is 57.4 Å². The Balaban J connectivity index is -0.000000240. The van der Waals surface area contributed by atoms with Crippen LogP contribution in [0.4, 0.5) is 0 Å². The number of hydrogen-bond donors (Lipinski definition) is 5. The van der Waals surface area contributed by atoms with Crippen LogP contribution in [0.2, 0.25) is 0 Å². The molecule has 0 spiro atoms. The highest BCUT2D eigenvalue weighted by Crippen LogP contribution is 2.28. The molecule has 0 bridgehead atoms. The molecule has 0 heterocycles. The maximum atomic E-state index is 9.62. The summed E-state index contributed by atoms with van der Waals surface area (Å²) >= 11 is 13.2. The fourth-order valence-electron chi connectivity index (χ4n) is 0.192. The van der Waals surface area contributed by atoms with Crippen LogP contribution in [0, 0.1) is 5.41 Å². The first-order chi connectivity index (χ1) is 9.33. The summed E-state index contributed by atoms with van der Waals surface area (Å²) in [6.45, 7) is 6.90. The van der Waals surface area contributed by atoms with Crippen molar-refractivity contribution in [3.05, 3.63) is 0 Å². The summed E-state index contributed by atoms with van der Waals surface area (Å²) in [7, 11) is 0. The first kappa shape index (κ1) is 26.4. The summed E-state index contributed by atoms with van der Waals surface area (Å²) in [6, 6.07) is 0. The highest BCUT2D eigenvalue weighted by atomic mass is 79.9. The van der Waals surface area contributed by atoms with Crippen LogP contribution in [0.25, 0.3) is 0 Å². The molecule has 0 rings (SSSR count). The van der Waals surface area contributed by atoms with Gasteiger partial charge < -0.3 is 15.3 Å². The van der Waals surface area contributed by atoms with Crippen LogP contribution in [-0.2, 0) is 13.4 Å². The number of rotatable bonds is 5. The van der Waals surface area contributed by atoms with Gasteiger partial charge in [0.2, 0.25) is 0 Å². The van der Waals surface area contributed by atoms with Crippen LogP contribution < -0.4 is 0 Å². The van der Waals surface area contributed by atoms with E-state index in [2.05, 4.69) is 57.4 Å². The predicted molar refractivity (Wildman–Crippen MR) is 95.8 cm³/mol. The molecule has 0 saturated carbocycles. The van der Waals surface area contributed by atoms with E-state index in [0.29, 0.717) is 0 Å². The van der Waals surface area contributed by atoms with Gasteiger partial charge >= 0.3 is 11.9 Å². The van der Waals surface area contributed by atoms with Crippen LogP contribution in [0.3, 0.4) is 0 Å². The lowest BCUT2D eigenvalue weighted by molar-refractivity contribution is -0.137. The molecule has 128 valence electrons. The van der Waals surface area contributed by atoms with E-state index in [4.69, 9.17) is 19.1 Å². The van der Waals surface area contributed by atoms with Crippen LogP contribution in [0.15, 0.2) is 0 Å². The zero-order chi connectivity index (χ0) is 17.8. The lowest BCUT2D eigenvalue weighted by Gasteiger charge is -2.24. The van der Waals surface area contributed by atoms with Gasteiger partial charge in [0, 0.05) is 5.41 Å². The molecule has 0 aromatic carbocycles. The molecule has 0 aliphatic rings. The zero-order valence-corrected chi connectivity index (χ0v) is 17.1. The fourth-order valence-corrected chi connectivity index (χ4v) is 0.843. The van der Waals surface area contributed by atoms with Gasteiger partial charge in [-0.25, -0.2) is 0 Å². The van der Waals surface area contributed by atoms with Gasteiger partial charge in [0.05, 0.1) is 33.4 Å². The predicted octanol–water partition coefficient (Wildman–Crippen LogP) is 2.83. The summed E-state index contributed by atoms with van der Waals surface area (Å²) in [5.74, 6) is -1.75. The van der Waals surface area contributed by atoms with E-state index in [1.54, 1.807) is 0 Å². The van der Waals surface area contributed by atoms with E-state index in [-0.39, 0.29) is 17.0 Å². The maximum Gasteiger partial charge on any atom is 0.316 e. The SMILES string of the molecule is CC(C)(CO)C(Br)OBr.CC(S)C(=O)O.CC(S)C(=O)O. The number of aliphatic hydroxyl groups excluding tert-OH is 1. The van der Waals surface area contributed by atoms with Crippen molar-refractivity contribution >= 4 is 69.4 Å². The third-order valence-electron chi connectivity index (χ3n) is 1.81. The molecule has 0 aliphatic heterocycles. The van der Waals surface area contributed by atoms with Crippen molar-refractivity contribution in [3.8, 4) is 0 Å². The molecule has 10 heteroatoms. The molecular weight excluding hydrogens is 452 g/mol. The number of halogens is 2. The number of alkyl halides is 1. The van der Waals surface area contributed by atoms with Gasteiger partial charge in [-0.1, -0.05) is 29.8 Å². The third kappa shape index (κ3) is 18.5. The molecule has 21 heavy (non-hydrogen) atoms. The standard InChI is InChI=1S/C5H10Br2O2.2C3H6O2S/c1-5(2,3-8)4(6)9-7;2*1-2(6)3(4)5/h4,8H,3H2,1-2H3;2*2,6H,1H3,(H,4,5). The Morgan fingerprint density at radius 1 is 1.14 bits per heavy atom. The second kappa shape index (κ2) is 14.1. The highest BCUT2D eigenvalue weighted by molar-refractivity contribution is 9.10. The minimum Gasteiger partial charge on any atom is -0.480 e. The number of aliphatic carboxylic acids is 2. The van der Waals surface area contributed by atoms with Gasteiger partial charge in [-0.05, 0) is 13.8 Å². The summed E-state index contributed by atoms with van der Waals surface area (Å²) in [4.78, 5) is 19.2. The smallest absolute Gasteiger partial charge is 0.316 e. The molecule has 6 nitrogen and oxygen atoms in total. The van der Waals surface area contributed by atoms with Crippen LogP contribution in [0.5, 0.6) is 0 Å². The number of thiol groups is 2. The Labute approximate surface area is 153 Å². The van der Waals surface area contributed by atoms with Gasteiger partial charge in [0.15, 0.2) is 0 Å². The second-order valence-electron chi connectivity index (χ2n) is 4.58. The average molecular weight is 474 g/mol. The van der Waals surface area contributed by atoms with Crippen molar-refractivity contribution in [2.75, 3.05) is 6.61 Å². The first-order valence-electron chi connectivity index (χ1n) is 5.67. The van der Waals surface area contributed by atoms with E-state index in [9.17, 15) is 9.59 Å². The van der Waals surface area contributed by atoms with Gasteiger partial charge in [0.1, 0.15) is 5.01 Å². The molecule has 3 N–H and O–H groups in total. The number of aliphatic hydroxyl groups is 1. The van der Waals surface area contributed by atoms with E-state index >= 15 is 0 Å². The summed E-state index contributed by atoms with van der Waals surface area (Å²) < 4.78 is 4.78. The Morgan fingerprint density at radius 3 is 1.43 bits per heavy atom. The van der Waals surface area contributed by atoms with Crippen LogP contribution in [0.1, 0.15) is 27.7 Å². The van der Waals surface area contributed by atoms with Crippen molar-refractivity contribution in [2.24, 2.45) is 5.41 Å². The number of carboxylic acid groups (broad SMARTS) is 2. The van der Waals surface area contributed by atoms with Crippen molar-refractivity contribution < 1.29 is 28.7 Å². The highest BCUT2D eigenvalue weighted by Gasteiger charge is 2.26. The molecule has 3 unspecified atom stereocenters. The number of carbonyl (C=O) groups is 2. The maximum absolute atomic E-state index is 9.62. The first-order valence-corrected chi connectivity index (χ1v) is 8.27. The topological polar surface area (TPSA) is 104 Å². The zero-order valence-electron chi connectivity index (χ0n) is 12.2. The van der Waals surface area contributed by atoms with Gasteiger partial charge in [-0.3, -0.25) is 13.4 Å². The Bertz CT molecular complexity index is 282. The van der Waals surface area contributed by atoms with Crippen molar-refractivity contribution in [2.45, 2.75) is 43.2 Å². The summed E-state index contributed by atoms with van der Waals surface area (Å²) in [5.41, 5.74) is -0.247. The minimum absolute atomic E-state index is 0.0918. The molecule has 0 aliphatic carbocycles. The quantitative estimate of drug-likeness (QED) is 0.310. The van der Waals surface area contributed by atoms with E-state index in [0.717, 1.165) is 0 Å². The average Bonchev–Trinajstić information content (AvgIpc) is 2.38. The fraction of sp³-hybridized carbons (Fsp3) is 0.818. The lowest BCUT2D eigenvalue weighted by atomic mass is 9.97. The molecule has 0 aromatic heterocycles. The minimum atomic E-state index is -0.877. The molecule has 0 radical (unpaired) electrons. The second-order valence-corrected chi connectivity index (χ2v) is 7.33. The van der Waals surface area contributed by atoms with Crippen molar-refractivity contribution in [1.82, 2.24) is 0 Å². The molecule has 0 amide bonds. The monoisotopic (exact) mass is 472 g/mol. The summed E-state index contributed by atoms with van der Waals surface area (Å²) in [6.07, 6.45) is 0. The van der Waals surface area contributed by atoms with Gasteiger partial charge in [0.25, 0.3) is 0 Å². The van der Waals surface area contributed by atoms with E-state index in [1.807, 2.05) is 13.8 Å². The van der Waals surface area contributed by atoms with Gasteiger partial charge in [-0.2, -0.15) is 25.3 Å². The molecule has 0 aromatic rings. The van der Waals surface area contributed by atoms with Crippen molar-refractivity contribution in [3.63, 3.8) is 0 Å². The molecule has 0 fully saturated rings. The molecule has 0 saturated heterocycles. The number of carboxylic acids is 2. The molecular formula is C11H22Br2O6S2.